The van der Waals surface area contributed by atoms with E-state index in [1.165, 1.54) is 0 Å². The highest BCUT2D eigenvalue weighted by Crippen LogP contribution is 2.66. The second-order valence-electron chi connectivity index (χ2n) is 14.7. The molecule has 54 heavy (non-hydrogen) atoms. The van der Waals surface area contributed by atoms with Crippen molar-refractivity contribution in [3.8, 4) is 0 Å². The first-order valence-electron chi connectivity index (χ1n) is 17.5. The van der Waals surface area contributed by atoms with Crippen LogP contribution in [0.3, 0.4) is 0 Å². The van der Waals surface area contributed by atoms with Crippen LogP contribution in [-0.4, -0.2) is 46.3 Å². The summed E-state index contributed by atoms with van der Waals surface area (Å²) in [6.45, 7) is 0. The van der Waals surface area contributed by atoms with Crippen LogP contribution in [0.2, 0.25) is 0 Å². The summed E-state index contributed by atoms with van der Waals surface area (Å²) in [6, 6.07) is 26.9. The van der Waals surface area contributed by atoms with Gasteiger partial charge in [0.15, 0.2) is 0 Å². The Kier molecular flexibility index (Phi) is 10.8. The van der Waals surface area contributed by atoms with E-state index in [0.717, 1.165) is 22.3 Å². The molecule has 0 spiro atoms. The van der Waals surface area contributed by atoms with Crippen LogP contribution in [0.5, 0.6) is 0 Å². The van der Waals surface area contributed by atoms with Crippen molar-refractivity contribution in [2.24, 2.45) is 0 Å². The summed E-state index contributed by atoms with van der Waals surface area (Å²) in [7, 11) is 0. The Balaban J connectivity index is 1.30. The van der Waals surface area contributed by atoms with Gasteiger partial charge in [0.05, 0.1) is 22.3 Å². The number of carbonyl (C=O) groups excluding carboxylic acids is 4. The van der Waals surface area contributed by atoms with Gasteiger partial charge in [-0.05, 0) is 70.8 Å². The van der Waals surface area contributed by atoms with Gasteiger partial charge in [0.25, 0.3) is 0 Å². The summed E-state index contributed by atoms with van der Waals surface area (Å²) in [5, 5.41) is 0. The molecule has 0 saturated heterocycles. The third kappa shape index (κ3) is 7.85. The van der Waals surface area contributed by atoms with E-state index in [1.807, 2.05) is 0 Å². The lowest BCUT2D eigenvalue weighted by Gasteiger charge is -2.66. The number of alkyl halides is 4. The van der Waals surface area contributed by atoms with Crippen molar-refractivity contribution in [2.75, 3.05) is 0 Å². The average Bonchev–Trinajstić information content (AvgIpc) is 3.16. The lowest BCUT2D eigenvalue weighted by molar-refractivity contribution is -0.292. The van der Waals surface area contributed by atoms with Gasteiger partial charge in [0.1, 0.15) is 22.4 Å². The first-order chi connectivity index (χ1) is 25.9. The summed E-state index contributed by atoms with van der Waals surface area (Å²) >= 11 is 24.0. The highest BCUT2D eigenvalue weighted by molar-refractivity contribution is 6.17. The second kappa shape index (κ2) is 15.2. The summed E-state index contributed by atoms with van der Waals surface area (Å²) in [5.74, 6) is -1.45. The highest BCUT2D eigenvalue weighted by Gasteiger charge is 2.74. The zero-order valence-electron chi connectivity index (χ0n) is 29.1. The molecule has 4 aliphatic rings. The number of hydrogen-bond acceptors (Lipinski definition) is 8. The molecule has 4 saturated carbocycles. The van der Waals surface area contributed by atoms with Crippen LogP contribution < -0.4 is 0 Å². The van der Waals surface area contributed by atoms with Gasteiger partial charge in [-0.25, -0.2) is 19.2 Å². The zero-order valence-corrected chi connectivity index (χ0v) is 32.1. The Labute approximate surface area is 332 Å². The van der Waals surface area contributed by atoms with Crippen LogP contribution in [0.4, 0.5) is 0 Å². The number of rotatable bonds is 12. The van der Waals surface area contributed by atoms with Gasteiger partial charge in [-0.2, -0.15) is 0 Å². The molecule has 0 aromatic heterocycles. The minimum absolute atomic E-state index is 0.0877. The molecule has 4 aromatic rings. The molecule has 0 aliphatic heterocycles. The van der Waals surface area contributed by atoms with Crippen LogP contribution >= 0.6 is 46.4 Å². The third-order valence-corrected chi connectivity index (χ3v) is 11.7. The maximum absolute atomic E-state index is 13.9. The molecule has 0 heterocycles. The molecule has 280 valence electrons. The summed E-state index contributed by atoms with van der Waals surface area (Å²) < 4.78 is 25.8. The molecule has 0 atom stereocenters. The molecule has 8 rings (SSSR count). The van der Waals surface area contributed by atoms with Crippen molar-refractivity contribution in [3.63, 3.8) is 0 Å². The third-order valence-electron chi connectivity index (χ3n) is 10.5. The molecule has 8 nitrogen and oxygen atoms in total. The van der Waals surface area contributed by atoms with Crippen molar-refractivity contribution in [2.45, 2.75) is 84.4 Å². The zero-order chi connectivity index (χ0) is 38.1. The van der Waals surface area contributed by atoms with Crippen molar-refractivity contribution >= 4 is 70.3 Å². The van der Waals surface area contributed by atoms with E-state index in [9.17, 15) is 19.2 Å². The summed E-state index contributed by atoms with van der Waals surface area (Å²) in [6.07, 6.45) is 0.526. The monoisotopic (exact) mass is 808 g/mol. The van der Waals surface area contributed by atoms with E-state index in [0.29, 0.717) is 0 Å². The number of carbonyl (C=O) groups is 4. The molecule has 4 aliphatic carbocycles. The Morgan fingerprint density at radius 1 is 0.352 bits per heavy atom. The lowest BCUT2D eigenvalue weighted by Crippen LogP contribution is -2.74. The molecule has 0 unspecified atom stereocenters. The van der Waals surface area contributed by atoms with Crippen molar-refractivity contribution in [1.82, 2.24) is 0 Å². The first kappa shape index (κ1) is 38.2. The average molecular weight is 811 g/mol. The lowest BCUT2D eigenvalue weighted by atomic mass is 9.48. The fraction of sp³-hybridized carbons (Fsp3) is 0.333. The summed E-state index contributed by atoms with van der Waals surface area (Å²) in [4.78, 5) is 55.8. The molecule has 0 radical (unpaired) electrons. The van der Waals surface area contributed by atoms with Gasteiger partial charge in [-0.1, -0.05) is 48.5 Å². The van der Waals surface area contributed by atoms with Crippen LogP contribution in [0, 0.1) is 0 Å². The van der Waals surface area contributed by atoms with Crippen molar-refractivity contribution < 1.29 is 38.1 Å². The predicted octanol–water partition coefficient (Wildman–Crippen LogP) is 9.71. The topological polar surface area (TPSA) is 105 Å². The van der Waals surface area contributed by atoms with Gasteiger partial charge in [0, 0.05) is 62.0 Å². The normalized spacial score (nSPS) is 25.1. The number of esters is 4. The van der Waals surface area contributed by atoms with Crippen LogP contribution in [0.25, 0.3) is 0 Å². The Morgan fingerprint density at radius 2 is 0.519 bits per heavy atom. The molecule has 12 heteroatoms. The quantitative estimate of drug-likeness (QED) is 0.0792. The summed E-state index contributed by atoms with van der Waals surface area (Å²) in [5.41, 5.74) is -1.08. The van der Waals surface area contributed by atoms with E-state index in [-0.39, 0.29) is 84.3 Å². The van der Waals surface area contributed by atoms with Gasteiger partial charge in [-0.3, -0.25) is 0 Å². The largest absolute Gasteiger partial charge is 0.455 e. The molecule has 4 fully saturated rings. The van der Waals surface area contributed by atoms with Crippen molar-refractivity contribution in [3.05, 3.63) is 142 Å². The molecule has 4 aromatic carbocycles. The number of hydrogen-bond donors (Lipinski definition) is 0. The fourth-order valence-electron chi connectivity index (χ4n) is 8.65. The number of ether oxygens (including phenoxy) is 4. The maximum atomic E-state index is 13.9. The Morgan fingerprint density at radius 3 is 0.667 bits per heavy atom. The van der Waals surface area contributed by atoms with Gasteiger partial charge in [0.2, 0.25) is 0 Å². The molecular formula is C42H36Cl4O8. The number of halogens is 4. The van der Waals surface area contributed by atoms with E-state index < -0.39 is 46.3 Å². The standard InChI is InChI=1S/C42H36Cl4O8/c43-17-27-1-9-31(10-2-27)35(47)51-39-21-40(52-36(48)32-11-3-28(18-44)4-12-32)24-41(22-39,53-37(49)33-13-5-29(19-45)6-14-33)26-42(23-39,25-40)54-38(50)34-15-7-30(20-46)8-16-34/h1-16H,17-26H2. The smallest absolute Gasteiger partial charge is 0.338 e. The SMILES string of the molecule is O=C(OC12CC3(OC(=O)c4ccc(CCl)cc4)CC(OC(=O)c4ccc(CCl)cc4)(C1)CC(OC(=O)c1ccc(CCl)cc1)(C2)C3)c1ccc(CCl)cc1. The Hall–Kier alpha value is -4.08. The van der Waals surface area contributed by atoms with Gasteiger partial charge < -0.3 is 18.9 Å². The van der Waals surface area contributed by atoms with E-state index >= 15 is 0 Å². The van der Waals surface area contributed by atoms with Gasteiger partial charge >= 0.3 is 23.9 Å². The molecular weight excluding hydrogens is 774 g/mol. The van der Waals surface area contributed by atoms with E-state index in [1.54, 1.807) is 97.1 Å². The predicted molar refractivity (Wildman–Crippen MR) is 204 cm³/mol. The van der Waals surface area contributed by atoms with Crippen LogP contribution in [-0.2, 0) is 42.5 Å². The fourth-order valence-corrected chi connectivity index (χ4v) is 9.36. The van der Waals surface area contributed by atoms with E-state index in [4.69, 9.17) is 65.4 Å². The van der Waals surface area contributed by atoms with Crippen molar-refractivity contribution in [1.29, 1.82) is 0 Å². The second-order valence-corrected chi connectivity index (χ2v) is 15.7. The minimum Gasteiger partial charge on any atom is -0.455 e. The van der Waals surface area contributed by atoms with Gasteiger partial charge in [-0.15, -0.1) is 46.4 Å². The van der Waals surface area contributed by atoms with E-state index in [2.05, 4.69) is 0 Å². The first-order valence-corrected chi connectivity index (χ1v) is 19.6. The molecule has 0 amide bonds. The Bertz CT molecular complexity index is 1710. The highest BCUT2D eigenvalue weighted by atomic mass is 35.5. The number of benzene rings is 4. The maximum Gasteiger partial charge on any atom is 0.338 e. The van der Waals surface area contributed by atoms with Crippen LogP contribution in [0.15, 0.2) is 97.1 Å². The minimum atomic E-state index is -1.37. The molecule has 0 N–H and O–H groups in total. The van der Waals surface area contributed by atoms with Crippen LogP contribution in [0.1, 0.15) is 102 Å². The molecule has 4 bridgehead atoms.